The van der Waals surface area contributed by atoms with Crippen molar-refractivity contribution in [2.75, 3.05) is 43.6 Å². The number of amides is 1. The van der Waals surface area contributed by atoms with Crippen LogP contribution < -0.4 is 15.0 Å². The number of carbonyl (C=O) groups excluding carboxylic acids is 1. The Morgan fingerprint density at radius 1 is 1.29 bits per heavy atom. The molecule has 1 aliphatic rings. The number of hydrogen-bond donors (Lipinski definition) is 1. The number of ether oxygens (including phenoxy) is 2. The van der Waals surface area contributed by atoms with Gasteiger partial charge in [-0.15, -0.1) is 0 Å². The van der Waals surface area contributed by atoms with Gasteiger partial charge in [-0.25, -0.2) is 0 Å². The summed E-state index contributed by atoms with van der Waals surface area (Å²) in [6.07, 6.45) is 1.64. The highest BCUT2D eigenvalue weighted by Gasteiger charge is 2.15. The predicted octanol–water partition coefficient (Wildman–Crippen LogP) is 2.83. The summed E-state index contributed by atoms with van der Waals surface area (Å²) in [4.78, 5) is 18.8. The molecule has 2 heterocycles. The summed E-state index contributed by atoms with van der Waals surface area (Å²) in [6, 6.07) is 8.76. The van der Waals surface area contributed by atoms with Crippen molar-refractivity contribution in [3.63, 3.8) is 0 Å². The number of carbonyl (C=O) groups is 1. The fourth-order valence-corrected chi connectivity index (χ4v) is 2.76. The Morgan fingerprint density at radius 3 is 2.79 bits per heavy atom. The zero-order valence-corrected chi connectivity index (χ0v) is 14.0. The van der Waals surface area contributed by atoms with Crippen LogP contribution in [0.5, 0.6) is 5.75 Å². The van der Waals surface area contributed by atoms with Gasteiger partial charge in [0.2, 0.25) is 0 Å². The first kappa shape index (κ1) is 16.5. The average molecular weight is 348 g/mol. The smallest absolute Gasteiger partial charge is 0.274 e. The van der Waals surface area contributed by atoms with E-state index in [1.54, 1.807) is 37.6 Å². The Bertz CT molecular complexity index is 733. The van der Waals surface area contributed by atoms with Gasteiger partial charge in [0.15, 0.2) is 0 Å². The number of rotatable bonds is 4. The molecule has 2 aromatic rings. The van der Waals surface area contributed by atoms with Crippen LogP contribution in [0, 0.1) is 0 Å². The van der Waals surface area contributed by atoms with Gasteiger partial charge in [-0.2, -0.15) is 0 Å². The topological polar surface area (TPSA) is 63.7 Å². The van der Waals surface area contributed by atoms with Crippen LogP contribution in [0.3, 0.4) is 0 Å². The van der Waals surface area contributed by atoms with Gasteiger partial charge in [0.05, 0.1) is 25.3 Å². The van der Waals surface area contributed by atoms with Gasteiger partial charge in [-0.1, -0.05) is 11.6 Å². The molecule has 0 radical (unpaired) electrons. The Balaban J connectivity index is 1.74. The number of aromatic nitrogens is 1. The molecular weight excluding hydrogens is 330 g/mol. The van der Waals surface area contributed by atoms with Gasteiger partial charge in [-0.05, 0) is 30.3 Å². The van der Waals surface area contributed by atoms with Crippen LogP contribution in [0.25, 0.3) is 0 Å². The Labute approximate surface area is 145 Å². The van der Waals surface area contributed by atoms with E-state index in [1.807, 2.05) is 6.07 Å². The number of morpholine rings is 1. The van der Waals surface area contributed by atoms with Gasteiger partial charge in [-0.3, -0.25) is 9.78 Å². The molecule has 1 saturated heterocycles. The fraction of sp³-hybridized carbons (Fsp3) is 0.294. The molecule has 126 valence electrons. The summed E-state index contributed by atoms with van der Waals surface area (Å²) in [5.74, 6) is 0.272. The molecule has 24 heavy (non-hydrogen) atoms. The van der Waals surface area contributed by atoms with Gasteiger partial charge in [0.1, 0.15) is 11.4 Å². The van der Waals surface area contributed by atoms with Gasteiger partial charge >= 0.3 is 0 Å². The quantitative estimate of drug-likeness (QED) is 0.921. The summed E-state index contributed by atoms with van der Waals surface area (Å²) in [6.45, 7) is 2.99. The van der Waals surface area contributed by atoms with Crippen LogP contribution in [-0.2, 0) is 4.74 Å². The van der Waals surface area contributed by atoms with E-state index in [0.29, 0.717) is 35.4 Å². The summed E-state index contributed by atoms with van der Waals surface area (Å²) in [7, 11) is 1.54. The van der Waals surface area contributed by atoms with E-state index in [4.69, 9.17) is 21.1 Å². The minimum absolute atomic E-state index is 0.286. The molecule has 0 bridgehead atoms. The fourth-order valence-electron chi connectivity index (χ4n) is 2.50. The average Bonchev–Trinajstić information content (AvgIpc) is 2.63. The van der Waals surface area contributed by atoms with E-state index < -0.39 is 0 Å². The van der Waals surface area contributed by atoms with Gasteiger partial charge < -0.3 is 19.7 Å². The van der Waals surface area contributed by atoms with Gasteiger partial charge in [0, 0.05) is 30.7 Å². The third-order valence-corrected chi connectivity index (χ3v) is 4.06. The number of hydrogen-bond acceptors (Lipinski definition) is 5. The normalized spacial score (nSPS) is 14.3. The zero-order valence-electron chi connectivity index (χ0n) is 13.3. The maximum Gasteiger partial charge on any atom is 0.274 e. The second-order valence-corrected chi connectivity index (χ2v) is 5.71. The second-order valence-electron chi connectivity index (χ2n) is 5.30. The molecule has 0 saturated carbocycles. The van der Waals surface area contributed by atoms with Crippen molar-refractivity contribution >= 4 is 28.9 Å². The molecule has 0 aliphatic carbocycles. The molecule has 1 amide bonds. The Morgan fingerprint density at radius 2 is 2.08 bits per heavy atom. The lowest BCUT2D eigenvalue weighted by molar-refractivity contribution is 0.102. The highest BCUT2D eigenvalue weighted by atomic mass is 35.5. The zero-order chi connectivity index (χ0) is 16.9. The Hall–Kier alpha value is -2.31. The molecule has 1 N–H and O–H groups in total. The SMILES string of the molecule is COc1ccc(NC(=O)c2cc(N3CCOCC3)ccn2)cc1Cl. The minimum Gasteiger partial charge on any atom is -0.495 e. The number of benzene rings is 1. The summed E-state index contributed by atoms with van der Waals surface area (Å²) in [5, 5.41) is 3.23. The maximum atomic E-state index is 12.4. The van der Waals surface area contributed by atoms with Crippen LogP contribution >= 0.6 is 11.6 Å². The second kappa shape index (κ2) is 7.51. The summed E-state index contributed by atoms with van der Waals surface area (Å²) >= 11 is 6.08. The number of pyridine rings is 1. The number of anilines is 2. The lowest BCUT2D eigenvalue weighted by Gasteiger charge is -2.28. The highest BCUT2D eigenvalue weighted by molar-refractivity contribution is 6.32. The van der Waals surface area contributed by atoms with Crippen LogP contribution in [-0.4, -0.2) is 44.3 Å². The van der Waals surface area contributed by atoms with Crippen molar-refractivity contribution in [1.82, 2.24) is 4.98 Å². The van der Waals surface area contributed by atoms with Crippen LogP contribution in [0.15, 0.2) is 36.5 Å². The molecule has 0 unspecified atom stereocenters. The largest absolute Gasteiger partial charge is 0.495 e. The minimum atomic E-state index is -0.286. The molecule has 1 fully saturated rings. The lowest BCUT2D eigenvalue weighted by Crippen LogP contribution is -2.36. The molecule has 6 nitrogen and oxygen atoms in total. The van der Waals surface area contributed by atoms with Gasteiger partial charge in [0.25, 0.3) is 5.91 Å². The van der Waals surface area contributed by atoms with Crippen molar-refractivity contribution in [2.45, 2.75) is 0 Å². The highest BCUT2D eigenvalue weighted by Crippen LogP contribution is 2.27. The maximum absolute atomic E-state index is 12.4. The summed E-state index contributed by atoms with van der Waals surface area (Å²) in [5.41, 5.74) is 1.90. The predicted molar refractivity (Wildman–Crippen MR) is 93.2 cm³/mol. The molecule has 1 aromatic carbocycles. The molecule has 0 spiro atoms. The third-order valence-electron chi connectivity index (χ3n) is 3.76. The standard InChI is InChI=1S/C17H18ClN3O3/c1-23-16-3-2-12(10-14(16)18)20-17(22)15-11-13(4-5-19-15)21-6-8-24-9-7-21/h2-5,10-11H,6-9H2,1H3,(H,20,22). The first-order chi connectivity index (χ1) is 11.7. The van der Waals surface area contributed by atoms with Crippen LogP contribution in [0.1, 0.15) is 10.5 Å². The lowest BCUT2D eigenvalue weighted by atomic mass is 10.2. The molecule has 1 aromatic heterocycles. The molecule has 3 rings (SSSR count). The molecular formula is C17H18ClN3O3. The third kappa shape index (κ3) is 3.77. The number of halogens is 1. The first-order valence-electron chi connectivity index (χ1n) is 7.61. The van der Waals surface area contributed by atoms with Crippen molar-refractivity contribution in [1.29, 1.82) is 0 Å². The van der Waals surface area contributed by atoms with Crippen molar-refractivity contribution < 1.29 is 14.3 Å². The van der Waals surface area contributed by atoms with Crippen LogP contribution in [0.2, 0.25) is 5.02 Å². The van der Waals surface area contributed by atoms with E-state index in [2.05, 4.69) is 15.2 Å². The molecule has 7 heteroatoms. The monoisotopic (exact) mass is 347 g/mol. The van der Waals surface area contributed by atoms with E-state index in [0.717, 1.165) is 18.8 Å². The first-order valence-corrected chi connectivity index (χ1v) is 7.99. The Kier molecular flexibility index (Phi) is 5.17. The van der Waals surface area contributed by atoms with E-state index >= 15 is 0 Å². The van der Waals surface area contributed by atoms with E-state index in [-0.39, 0.29) is 5.91 Å². The number of nitrogens with zero attached hydrogens (tertiary/aromatic N) is 2. The van der Waals surface area contributed by atoms with E-state index in [9.17, 15) is 4.79 Å². The van der Waals surface area contributed by atoms with Crippen molar-refractivity contribution in [3.05, 3.63) is 47.2 Å². The van der Waals surface area contributed by atoms with Crippen molar-refractivity contribution in [2.24, 2.45) is 0 Å². The number of methoxy groups -OCH3 is 1. The van der Waals surface area contributed by atoms with Crippen LogP contribution in [0.4, 0.5) is 11.4 Å². The molecule has 0 atom stereocenters. The number of nitrogens with one attached hydrogen (secondary N) is 1. The van der Waals surface area contributed by atoms with E-state index in [1.165, 1.54) is 0 Å². The molecule has 1 aliphatic heterocycles. The summed E-state index contributed by atoms with van der Waals surface area (Å²) < 4.78 is 10.4. The van der Waals surface area contributed by atoms with Crippen molar-refractivity contribution in [3.8, 4) is 5.75 Å².